The van der Waals surface area contributed by atoms with Gasteiger partial charge in [0.25, 0.3) is 0 Å². The number of rotatable bonds is 3. The molecule has 1 saturated heterocycles. The van der Waals surface area contributed by atoms with Crippen LogP contribution >= 0.6 is 27.5 Å². The van der Waals surface area contributed by atoms with E-state index in [1.165, 1.54) is 4.31 Å². The Balaban J connectivity index is 2.34. The molecule has 1 aromatic rings. The smallest absolute Gasteiger partial charge is 0.244 e. The summed E-state index contributed by atoms with van der Waals surface area (Å²) in [6.07, 6.45) is 1.85. The number of hydrogen-bond donors (Lipinski definition) is 1. The van der Waals surface area contributed by atoms with Crippen molar-refractivity contribution in [2.75, 3.05) is 20.1 Å². The van der Waals surface area contributed by atoms with Gasteiger partial charge in [-0.25, -0.2) is 8.42 Å². The molecule has 0 amide bonds. The molecule has 1 aliphatic rings. The van der Waals surface area contributed by atoms with Crippen molar-refractivity contribution in [3.05, 3.63) is 27.7 Å². The average molecular weight is 368 g/mol. The van der Waals surface area contributed by atoms with Crippen LogP contribution in [0, 0.1) is 0 Å². The van der Waals surface area contributed by atoms with Crippen LogP contribution in [0.25, 0.3) is 0 Å². The summed E-state index contributed by atoms with van der Waals surface area (Å²) in [5.74, 6) is 0. The number of piperidine rings is 1. The van der Waals surface area contributed by atoms with Crippen LogP contribution in [0.1, 0.15) is 12.8 Å². The van der Waals surface area contributed by atoms with Gasteiger partial charge in [0, 0.05) is 23.6 Å². The Kier molecular flexibility index (Phi) is 4.89. The quantitative estimate of drug-likeness (QED) is 0.893. The van der Waals surface area contributed by atoms with E-state index in [1.807, 2.05) is 7.05 Å². The SMILES string of the molecule is CNC1CCCN(S(=O)(=O)c2cc(Br)ccc2Cl)C1. The molecule has 4 nitrogen and oxygen atoms in total. The predicted octanol–water partition coefficient (Wildman–Crippen LogP) is 2.48. The maximum Gasteiger partial charge on any atom is 0.244 e. The minimum Gasteiger partial charge on any atom is -0.316 e. The van der Waals surface area contributed by atoms with E-state index in [4.69, 9.17) is 11.6 Å². The molecular weight excluding hydrogens is 352 g/mol. The fourth-order valence-corrected chi connectivity index (χ4v) is 4.75. The number of nitrogens with one attached hydrogen (secondary N) is 1. The van der Waals surface area contributed by atoms with Crippen molar-refractivity contribution in [1.82, 2.24) is 9.62 Å². The van der Waals surface area contributed by atoms with Gasteiger partial charge in [0.2, 0.25) is 10.0 Å². The molecule has 1 heterocycles. The normalized spacial score (nSPS) is 21.5. The van der Waals surface area contributed by atoms with Crippen molar-refractivity contribution in [2.45, 2.75) is 23.8 Å². The first-order valence-corrected chi connectivity index (χ1v) is 8.68. The van der Waals surface area contributed by atoms with Gasteiger partial charge in [-0.2, -0.15) is 4.31 Å². The summed E-state index contributed by atoms with van der Waals surface area (Å²) in [6, 6.07) is 5.08. The van der Waals surface area contributed by atoms with Crippen molar-refractivity contribution in [1.29, 1.82) is 0 Å². The highest BCUT2D eigenvalue weighted by atomic mass is 79.9. The number of halogens is 2. The largest absolute Gasteiger partial charge is 0.316 e. The van der Waals surface area contributed by atoms with Crippen molar-refractivity contribution in [3.8, 4) is 0 Å². The van der Waals surface area contributed by atoms with E-state index in [9.17, 15) is 8.42 Å². The molecule has 2 rings (SSSR count). The fourth-order valence-electron chi connectivity index (χ4n) is 2.21. The first-order valence-electron chi connectivity index (χ1n) is 6.07. The highest BCUT2D eigenvalue weighted by molar-refractivity contribution is 9.10. The lowest BCUT2D eigenvalue weighted by atomic mass is 10.1. The first kappa shape index (κ1) is 15.3. The van der Waals surface area contributed by atoms with Crippen LogP contribution in [-0.4, -0.2) is 38.9 Å². The van der Waals surface area contributed by atoms with Gasteiger partial charge >= 0.3 is 0 Å². The summed E-state index contributed by atoms with van der Waals surface area (Å²) in [5, 5.41) is 3.39. The molecule has 1 fully saturated rings. The second kappa shape index (κ2) is 6.10. The number of likely N-dealkylation sites (N-methyl/N-ethyl adjacent to an activating group) is 1. The molecule has 0 radical (unpaired) electrons. The van der Waals surface area contributed by atoms with Crippen molar-refractivity contribution < 1.29 is 8.42 Å². The van der Waals surface area contributed by atoms with Crippen molar-refractivity contribution in [2.24, 2.45) is 0 Å². The lowest BCUT2D eigenvalue weighted by Crippen LogP contribution is -2.46. The van der Waals surface area contributed by atoms with Crippen molar-refractivity contribution in [3.63, 3.8) is 0 Å². The lowest BCUT2D eigenvalue weighted by Gasteiger charge is -2.31. The second-order valence-corrected chi connectivity index (χ2v) is 7.79. The van der Waals surface area contributed by atoms with Crippen LogP contribution in [-0.2, 0) is 10.0 Å². The summed E-state index contributed by atoms with van der Waals surface area (Å²) >= 11 is 9.31. The topological polar surface area (TPSA) is 49.4 Å². The van der Waals surface area contributed by atoms with E-state index >= 15 is 0 Å². The molecule has 1 unspecified atom stereocenters. The molecule has 0 bridgehead atoms. The van der Waals surface area contributed by atoms with Gasteiger partial charge in [-0.15, -0.1) is 0 Å². The zero-order valence-electron chi connectivity index (χ0n) is 10.6. The Bertz CT molecular complexity index is 565. The third kappa shape index (κ3) is 3.31. The van der Waals surface area contributed by atoms with Gasteiger partial charge in [-0.3, -0.25) is 0 Å². The summed E-state index contributed by atoms with van der Waals surface area (Å²) in [6.45, 7) is 1.03. The molecule has 19 heavy (non-hydrogen) atoms. The van der Waals surface area contributed by atoms with Gasteiger partial charge in [-0.1, -0.05) is 27.5 Å². The molecule has 0 aliphatic carbocycles. The maximum absolute atomic E-state index is 12.6. The second-order valence-electron chi connectivity index (χ2n) is 4.57. The molecule has 1 aliphatic heterocycles. The number of sulfonamides is 1. The summed E-state index contributed by atoms with van der Waals surface area (Å²) < 4.78 is 27.4. The van der Waals surface area contributed by atoms with Crippen molar-refractivity contribution >= 4 is 37.6 Å². The van der Waals surface area contributed by atoms with E-state index < -0.39 is 10.0 Å². The number of hydrogen-bond acceptors (Lipinski definition) is 3. The predicted molar refractivity (Wildman–Crippen MR) is 80.0 cm³/mol. The summed E-state index contributed by atoms with van der Waals surface area (Å²) in [4.78, 5) is 0.167. The van der Waals surface area contributed by atoms with Gasteiger partial charge in [0.05, 0.1) is 5.02 Å². The Hall–Kier alpha value is -0.140. The van der Waals surface area contributed by atoms with E-state index in [1.54, 1.807) is 18.2 Å². The number of nitrogens with zero attached hydrogens (tertiary/aromatic N) is 1. The molecule has 1 aromatic carbocycles. The zero-order chi connectivity index (χ0) is 14.0. The third-order valence-electron chi connectivity index (χ3n) is 3.30. The average Bonchev–Trinajstić information content (AvgIpc) is 2.41. The van der Waals surface area contributed by atoms with Crippen LogP contribution in [0.5, 0.6) is 0 Å². The van der Waals surface area contributed by atoms with E-state index in [0.29, 0.717) is 17.6 Å². The molecule has 7 heteroatoms. The Morgan fingerprint density at radius 1 is 1.47 bits per heavy atom. The zero-order valence-corrected chi connectivity index (χ0v) is 13.7. The monoisotopic (exact) mass is 366 g/mol. The Morgan fingerprint density at radius 2 is 2.21 bits per heavy atom. The Labute approximate surface area is 127 Å². The van der Waals surface area contributed by atoms with Crippen LogP contribution in [0.15, 0.2) is 27.6 Å². The number of benzene rings is 1. The molecule has 1 N–H and O–H groups in total. The molecule has 0 saturated carbocycles. The van der Waals surface area contributed by atoms with Crippen LogP contribution in [0.3, 0.4) is 0 Å². The van der Waals surface area contributed by atoms with Crippen LogP contribution < -0.4 is 5.32 Å². The van der Waals surface area contributed by atoms with E-state index in [-0.39, 0.29) is 16.0 Å². The van der Waals surface area contributed by atoms with Gasteiger partial charge < -0.3 is 5.32 Å². The molecule has 0 spiro atoms. The fraction of sp³-hybridized carbons (Fsp3) is 0.500. The van der Waals surface area contributed by atoms with Gasteiger partial charge in [-0.05, 0) is 38.1 Å². The maximum atomic E-state index is 12.6. The third-order valence-corrected chi connectivity index (χ3v) is 6.14. The minimum absolute atomic E-state index is 0.167. The standard InChI is InChI=1S/C12H16BrClN2O2S/c1-15-10-3-2-6-16(8-10)19(17,18)12-7-9(13)4-5-11(12)14/h4-5,7,10,15H,2-3,6,8H2,1H3. The van der Waals surface area contributed by atoms with Gasteiger partial charge in [0.1, 0.15) is 4.90 Å². The summed E-state index contributed by atoms with van der Waals surface area (Å²) in [7, 11) is -1.67. The lowest BCUT2D eigenvalue weighted by molar-refractivity contribution is 0.293. The molecule has 0 aromatic heterocycles. The highest BCUT2D eigenvalue weighted by Gasteiger charge is 2.31. The van der Waals surface area contributed by atoms with E-state index in [2.05, 4.69) is 21.2 Å². The Morgan fingerprint density at radius 3 is 2.89 bits per heavy atom. The van der Waals surface area contributed by atoms with Crippen LogP contribution in [0.4, 0.5) is 0 Å². The minimum atomic E-state index is -3.53. The molecule has 106 valence electrons. The molecular formula is C12H16BrClN2O2S. The molecule has 1 atom stereocenters. The highest BCUT2D eigenvalue weighted by Crippen LogP contribution is 2.29. The van der Waals surface area contributed by atoms with Crippen LogP contribution in [0.2, 0.25) is 5.02 Å². The summed E-state index contributed by atoms with van der Waals surface area (Å²) in [5.41, 5.74) is 0. The van der Waals surface area contributed by atoms with Gasteiger partial charge in [0.15, 0.2) is 0 Å². The van der Waals surface area contributed by atoms with E-state index in [0.717, 1.165) is 12.8 Å². The first-order chi connectivity index (χ1) is 8.95.